The van der Waals surface area contributed by atoms with Crippen LogP contribution < -0.4 is 5.32 Å². The van der Waals surface area contributed by atoms with E-state index in [0.717, 1.165) is 29.2 Å². The number of hydrogen-bond donors (Lipinski definition) is 1. The van der Waals surface area contributed by atoms with Crippen molar-refractivity contribution in [1.82, 2.24) is 29.9 Å². The summed E-state index contributed by atoms with van der Waals surface area (Å²) in [5.74, 6) is 0.956. The number of nitrogens with zero attached hydrogens (tertiary/aromatic N) is 6. The molecule has 0 atom stereocenters. The number of furan rings is 1. The van der Waals surface area contributed by atoms with E-state index in [1.165, 1.54) is 11.3 Å². The SMILES string of the molecule is O=C(Nc1nnc(C2CC2)s1)c1cc(-c2cccnc2)nc2c1cnn2Cc1ccco1. The van der Waals surface area contributed by atoms with Crippen LogP contribution in [-0.4, -0.2) is 35.9 Å². The molecule has 0 radical (unpaired) electrons. The van der Waals surface area contributed by atoms with Crippen molar-refractivity contribution in [3.63, 3.8) is 0 Å². The van der Waals surface area contributed by atoms with Crippen molar-refractivity contribution in [1.29, 1.82) is 0 Å². The van der Waals surface area contributed by atoms with Crippen molar-refractivity contribution in [3.8, 4) is 11.3 Å². The predicted octanol–water partition coefficient (Wildman–Crippen LogP) is 4.12. The van der Waals surface area contributed by atoms with Gasteiger partial charge in [0, 0.05) is 23.9 Å². The molecule has 9 nitrogen and oxygen atoms in total. The first-order chi connectivity index (χ1) is 15.7. The Bertz CT molecular complexity index is 1410. The first-order valence-corrected chi connectivity index (χ1v) is 11.0. The molecule has 1 aliphatic rings. The summed E-state index contributed by atoms with van der Waals surface area (Å²) in [5, 5.41) is 17.8. The summed E-state index contributed by atoms with van der Waals surface area (Å²) in [5.41, 5.74) is 2.49. The highest BCUT2D eigenvalue weighted by Crippen LogP contribution is 2.42. The molecule has 0 aromatic carbocycles. The highest BCUT2D eigenvalue weighted by molar-refractivity contribution is 7.15. The van der Waals surface area contributed by atoms with Crippen LogP contribution in [-0.2, 0) is 6.54 Å². The van der Waals surface area contributed by atoms with Crippen LogP contribution in [0.15, 0.2) is 59.6 Å². The lowest BCUT2D eigenvalue weighted by Gasteiger charge is -2.08. The Morgan fingerprint density at radius 1 is 1.22 bits per heavy atom. The van der Waals surface area contributed by atoms with Crippen LogP contribution in [0.1, 0.15) is 39.9 Å². The van der Waals surface area contributed by atoms with E-state index in [1.807, 2.05) is 24.3 Å². The van der Waals surface area contributed by atoms with Gasteiger partial charge >= 0.3 is 0 Å². The van der Waals surface area contributed by atoms with Crippen LogP contribution in [0.5, 0.6) is 0 Å². The number of nitrogens with one attached hydrogen (secondary N) is 1. The van der Waals surface area contributed by atoms with E-state index in [4.69, 9.17) is 9.40 Å². The summed E-state index contributed by atoms with van der Waals surface area (Å²) in [4.78, 5) is 22.2. The molecule has 1 amide bonds. The van der Waals surface area contributed by atoms with Crippen LogP contribution in [0.2, 0.25) is 0 Å². The Morgan fingerprint density at radius 3 is 2.94 bits per heavy atom. The first kappa shape index (κ1) is 18.8. The fourth-order valence-electron chi connectivity index (χ4n) is 3.51. The van der Waals surface area contributed by atoms with E-state index in [-0.39, 0.29) is 5.91 Å². The van der Waals surface area contributed by atoms with E-state index in [2.05, 4.69) is 25.6 Å². The normalized spacial score (nSPS) is 13.5. The van der Waals surface area contributed by atoms with Crippen LogP contribution in [0, 0.1) is 0 Å². The predicted molar refractivity (Wildman–Crippen MR) is 118 cm³/mol. The molecule has 5 heterocycles. The highest BCUT2D eigenvalue weighted by atomic mass is 32.1. The van der Waals surface area contributed by atoms with Gasteiger partial charge in [-0.3, -0.25) is 15.1 Å². The fraction of sp³-hybridized carbons (Fsp3) is 0.182. The lowest BCUT2D eigenvalue weighted by Crippen LogP contribution is -2.13. The van der Waals surface area contributed by atoms with Crippen LogP contribution in [0.3, 0.4) is 0 Å². The van der Waals surface area contributed by atoms with Gasteiger partial charge in [0.1, 0.15) is 17.3 Å². The summed E-state index contributed by atoms with van der Waals surface area (Å²) in [6.45, 7) is 0.405. The number of anilines is 1. The van der Waals surface area contributed by atoms with E-state index in [0.29, 0.717) is 39.9 Å². The van der Waals surface area contributed by atoms with Crippen molar-refractivity contribution in [3.05, 3.63) is 71.5 Å². The molecule has 1 saturated carbocycles. The fourth-order valence-corrected chi connectivity index (χ4v) is 4.42. The molecule has 0 bridgehead atoms. The van der Waals surface area contributed by atoms with Gasteiger partial charge in [-0.2, -0.15) is 5.10 Å². The molecule has 158 valence electrons. The van der Waals surface area contributed by atoms with Crippen LogP contribution in [0.25, 0.3) is 22.3 Å². The largest absolute Gasteiger partial charge is 0.467 e. The van der Waals surface area contributed by atoms with E-state index in [1.54, 1.807) is 35.6 Å². The second-order valence-electron chi connectivity index (χ2n) is 7.59. The number of fused-ring (bicyclic) bond motifs is 1. The maximum absolute atomic E-state index is 13.3. The van der Waals surface area contributed by atoms with Gasteiger partial charge in [0.05, 0.1) is 29.1 Å². The van der Waals surface area contributed by atoms with Gasteiger partial charge < -0.3 is 4.42 Å². The lowest BCUT2D eigenvalue weighted by atomic mass is 10.1. The van der Waals surface area contributed by atoms with Gasteiger partial charge in [0.25, 0.3) is 5.91 Å². The average Bonchev–Trinajstić information content (AvgIpc) is 3.18. The summed E-state index contributed by atoms with van der Waals surface area (Å²) in [7, 11) is 0. The molecule has 5 aromatic heterocycles. The Morgan fingerprint density at radius 2 is 2.16 bits per heavy atom. The molecule has 5 aromatic rings. The van der Waals surface area contributed by atoms with Crippen molar-refractivity contribution >= 4 is 33.4 Å². The smallest absolute Gasteiger partial charge is 0.258 e. The average molecular weight is 443 g/mol. The minimum Gasteiger partial charge on any atom is -0.467 e. The molecule has 1 aliphatic carbocycles. The molecule has 32 heavy (non-hydrogen) atoms. The van der Waals surface area contributed by atoms with Gasteiger partial charge in [-0.15, -0.1) is 10.2 Å². The molecule has 0 spiro atoms. The van der Waals surface area contributed by atoms with Crippen molar-refractivity contribution in [2.75, 3.05) is 5.32 Å². The number of rotatable bonds is 6. The Kier molecular flexibility index (Phi) is 4.50. The third kappa shape index (κ3) is 3.54. The zero-order chi connectivity index (χ0) is 21.5. The number of pyridine rings is 2. The molecule has 10 heteroatoms. The molecule has 0 aliphatic heterocycles. The number of carbonyl (C=O) groups is 1. The molecule has 0 unspecified atom stereocenters. The number of amides is 1. The molecule has 6 rings (SSSR count). The minimum absolute atomic E-state index is 0.279. The molecular formula is C22H17N7O2S. The van der Waals surface area contributed by atoms with Crippen molar-refractivity contribution in [2.45, 2.75) is 25.3 Å². The summed E-state index contributed by atoms with van der Waals surface area (Å²) in [6.07, 6.45) is 8.96. The number of aromatic nitrogens is 6. The van der Waals surface area contributed by atoms with Crippen molar-refractivity contribution in [2.24, 2.45) is 0 Å². The van der Waals surface area contributed by atoms with Crippen LogP contribution in [0.4, 0.5) is 5.13 Å². The van der Waals surface area contributed by atoms with E-state index in [9.17, 15) is 4.79 Å². The molecule has 1 fully saturated rings. The van der Waals surface area contributed by atoms with Gasteiger partial charge in [-0.25, -0.2) is 9.67 Å². The summed E-state index contributed by atoms with van der Waals surface area (Å²) in [6, 6.07) is 9.20. The van der Waals surface area contributed by atoms with Crippen molar-refractivity contribution < 1.29 is 9.21 Å². The third-order valence-electron chi connectivity index (χ3n) is 5.28. The first-order valence-electron chi connectivity index (χ1n) is 10.2. The maximum atomic E-state index is 13.3. The number of carbonyl (C=O) groups excluding carboxylic acids is 1. The Balaban J connectivity index is 1.41. The van der Waals surface area contributed by atoms with Gasteiger partial charge in [0.2, 0.25) is 5.13 Å². The lowest BCUT2D eigenvalue weighted by molar-refractivity contribution is 0.102. The van der Waals surface area contributed by atoms with E-state index < -0.39 is 0 Å². The zero-order valence-corrected chi connectivity index (χ0v) is 17.6. The zero-order valence-electron chi connectivity index (χ0n) is 16.8. The second kappa shape index (κ2) is 7.65. The quantitative estimate of drug-likeness (QED) is 0.420. The minimum atomic E-state index is -0.279. The topological polar surface area (TPSA) is 112 Å². The standard InChI is InChI=1S/C22H17N7O2S/c30-20(26-22-28-27-21(32-22)13-5-6-13)16-9-18(14-3-1-7-23-10-14)25-19-17(16)11-24-29(19)12-15-4-2-8-31-15/h1-4,7-11,13H,5-6,12H2,(H,26,28,30). The van der Waals surface area contributed by atoms with Gasteiger partial charge in [-0.05, 0) is 43.2 Å². The maximum Gasteiger partial charge on any atom is 0.258 e. The molecule has 1 N–H and O–H groups in total. The van der Waals surface area contributed by atoms with Crippen LogP contribution >= 0.6 is 11.3 Å². The molecular weight excluding hydrogens is 426 g/mol. The summed E-state index contributed by atoms with van der Waals surface area (Å²) >= 11 is 1.43. The van der Waals surface area contributed by atoms with E-state index >= 15 is 0 Å². The Hall–Kier alpha value is -3.92. The monoisotopic (exact) mass is 443 g/mol. The van der Waals surface area contributed by atoms with Gasteiger partial charge in [0.15, 0.2) is 5.65 Å². The Labute approximate surface area is 186 Å². The highest BCUT2D eigenvalue weighted by Gasteiger charge is 2.28. The number of hydrogen-bond acceptors (Lipinski definition) is 8. The third-order valence-corrected chi connectivity index (χ3v) is 6.29. The molecule has 0 saturated heterocycles. The summed E-state index contributed by atoms with van der Waals surface area (Å²) < 4.78 is 7.19. The van der Waals surface area contributed by atoms with Gasteiger partial charge in [-0.1, -0.05) is 11.3 Å². The second-order valence-corrected chi connectivity index (χ2v) is 8.60.